The molecular weight excluding hydrogens is 288 g/mol. The number of carboxylic acid groups (broad SMARTS) is 1. The van der Waals surface area contributed by atoms with Crippen LogP contribution in [0.25, 0.3) is 5.65 Å². The largest absolute Gasteiger partial charge is 0.478 e. The van der Waals surface area contributed by atoms with E-state index in [1.165, 1.54) is 40.9 Å². The smallest absolute Gasteiger partial charge is 0.347 e. The molecule has 0 aliphatic rings. The first kappa shape index (κ1) is 13.6. The molecule has 1 amide bonds. The number of H-pyrrole nitrogens is 1. The van der Waals surface area contributed by atoms with E-state index in [4.69, 9.17) is 5.11 Å². The molecule has 110 valence electrons. The van der Waals surface area contributed by atoms with E-state index in [2.05, 4.69) is 15.5 Å². The maximum absolute atomic E-state index is 12.2. The number of anilines is 1. The number of nitrogens with zero attached hydrogens (tertiary/aromatic N) is 2. The lowest BCUT2D eigenvalue weighted by atomic mass is 10.2. The average molecular weight is 298 g/mol. The van der Waals surface area contributed by atoms with Gasteiger partial charge in [-0.25, -0.2) is 19.1 Å². The summed E-state index contributed by atoms with van der Waals surface area (Å²) in [6.45, 7) is 0. The van der Waals surface area contributed by atoms with E-state index in [0.717, 1.165) is 0 Å². The minimum Gasteiger partial charge on any atom is -0.478 e. The molecular formula is C14H10N4O4. The Kier molecular flexibility index (Phi) is 3.18. The monoisotopic (exact) mass is 298 g/mol. The summed E-state index contributed by atoms with van der Waals surface area (Å²) in [5.41, 5.74) is 0.618. The van der Waals surface area contributed by atoms with Gasteiger partial charge in [-0.2, -0.15) is 5.10 Å². The number of amides is 1. The van der Waals surface area contributed by atoms with Gasteiger partial charge in [0.25, 0.3) is 5.91 Å². The van der Waals surface area contributed by atoms with Gasteiger partial charge in [0.2, 0.25) is 0 Å². The minimum absolute atomic E-state index is 0.0688. The fraction of sp³-hybridized carbons (Fsp3) is 0. The van der Waals surface area contributed by atoms with Crippen molar-refractivity contribution in [3.05, 3.63) is 64.2 Å². The van der Waals surface area contributed by atoms with Crippen LogP contribution < -0.4 is 11.0 Å². The van der Waals surface area contributed by atoms with E-state index in [1.807, 2.05) is 0 Å². The highest BCUT2D eigenvalue weighted by Crippen LogP contribution is 2.12. The first-order valence-corrected chi connectivity index (χ1v) is 6.26. The second-order valence-corrected chi connectivity index (χ2v) is 4.51. The Morgan fingerprint density at radius 2 is 2.00 bits per heavy atom. The van der Waals surface area contributed by atoms with Crippen molar-refractivity contribution in [2.45, 2.75) is 0 Å². The Balaban J connectivity index is 1.89. The van der Waals surface area contributed by atoms with Crippen molar-refractivity contribution in [1.82, 2.24) is 14.6 Å². The number of hydrogen-bond acceptors (Lipinski definition) is 4. The second kappa shape index (κ2) is 5.17. The van der Waals surface area contributed by atoms with Crippen molar-refractivity contribution in [2.75, 3.05) is 5.32 Å². The molecule has 0 aliphatic carbocycles. The molecule has 22 heavy (non-hydrogen) atoms. The fourth-order valence-corrected chi connectivity index (χ4v) is 1.97. The number of carbonyl (C=O) groups excluding carboxylic acids is 1. The number of hydrogen-bond donors (Lipinski definition) is 3. The molecule has 0 radical (unpaired) electrons. The maximum atomic E-state index is 12.2. The number of aromatic amines is 1. The third-order valence-corrected chi connectivity index (χ3v) is 3.04. The number of aromatic carboxylic acids is 1. The molecule has 8 heteroatoms. The molecule has 3 rings (SSSR count). The molecule has 3 N–H and O–H groups in total. The molecule has 0 atom stereocenters. The molecule has 0 spiro atoms. The van der Waals surface area contributed by atoms with Gasteiger partial charge in [-0.15, -0.1) is 0 Å². The normalized spacial score (nSPS) is 10.5. The van der Waals surface area contributed by atoms with Gasteiger partial charge in [0.15, 0.2) is 5.65 Å². The molecule has 2 aromatic heterocycles. The summed E-state index contributed by atoms with van der Waals surface area (Å²) >= 11 is 0. The average Bonchev–Trinajstić information content (AvgIpc) is 2.88. The Hall–Kier alpha value is -3.42. The zero-order valence-electron chi connectivity index (χ0n) is 11.1. The van der Waals surface area contributed by atoms with E-state index in [-0.39, 0.29) is 11.1 Å². The van der Waals surface area contributed by atoms with Gasteiger partial charge in [-0.05, 0) is 30.3 Å². The molecule has 0 bridgehead atoms. The van der Waals surface area contributed by atoms with Crippen LogP contribution in [0.2, 0.25) is 0 Å². The molecule has 0 unspecified atom stereocenters. The van der Waals surface area contributed by atoms with Crippen molar-refractivity contribution in [3.8, 4) is 0 Å². The van der Waals surface area contributed by atoms with E-state index < -0.39 is 17.6 Å². The van der Waals surface area contributed by atoms with Crippen molar-refractivity contribution < 1.29 is 14.7 Å². The van der Waals surface area contributed by atoms with Crippen molar-refractivity contribution in [2.24, 2.45) is 0 Å². The van der Waals surface area contributed by atoms with Gasteiger partial charge >= 0.3 is 11.7 Å². The van der Waals surface area contributed by atoms with E-state index in [1.54, 1.807) is 6.07 Å². The molecule has 8 nitrogen and oxygen atoms in total. The van der Waals surface area contributed by atoms with Gasteiger partial charge in [-0.1, -0.05) is 6.07 Å². The molecule has 0 saturated heterocycles. The number of carboxylic acids is 1. The fourth-order valence-electron chi connectivity index (χ4n) is 1.97. The van der Waals surface area contributed by atoms with Gasteiger partial charge in [0.1, 0.15) is 0 Å². The molecule has 2 heterocycles. The zero-order chi connectivity index (χ0) is 15.7. The first-order valence-electron chi connectivity index (χ1n) is 6.26. The standard InChI is InChI=1S/C14H10N4O4/c19-12(15-10-3-1-2-8(6-10)13(20)21)9-4-5-11-16-17-14(22)18(11)7-9/h1-7H,(H,15,19)(H,17,22)(H,20,21). The molecule has 0 fully saturated rings. The van der Waals surface area contributed by atoms with Gasteiger partial charge < -0.3 is 10.4 Å². The Bertz CT molecular complexity index is 941. The number of carbonyl (C=O) groups is 2. The van der Waals surface area contributed by atoms with Crippen molar-refractivity contribution in [1.29, 1.82) is 0 Å². The topological polar surface area (TPSA) is 117 Å². The van der Waals surface area contributed by atoms with Gasteiger partial charge in [0, 0.05) is 11.9 Å². The maximum Gasteiger partial charge on any atom is 0.347 e. The van der Waals surface area contributed by atoms with Crippen LogP contribution in [0.4, 0.5) is 5.69 Å². The first-order chi connectivity index (χ1) is 10.5. The van der Waals surface area contributed by atoms with Crippen LogP contribution in [0.3, 0.4) is 0 Å². The van der Waals surface area contributed by atoms with E-state index >= 15 is 0 Å². The van der Waals surface area contributed by atoms with E-state index in [0.29, 0.717) is 11.3 Å². The quantitative estimate of drug-likeness (QED) is 0.666. The number of rotatable bonds is 3. The lowest BCUT2D eigenvalue weighted by Gasteiger charge is -2.06. The summed E-state index contributed by atoms with van der Waals surface area (Å²) < 4.78 is 1.21. The molecule has 1 aromatic carbocycles. The Labute approximate surface area is 123 Å². The highest BCUT2D eigenvalue weighted by Gasteiger charge is 2.10. The van der Waals surface area contributed by atoms with Crippen LogP contribution >= 0.6 is 0 Å². The van der Waals surface area contributed by atoms with Gasteiger partial charge in [0.05, 0.1) is 11.1 Å². The summed E-state index contributed by atoms with van der Waals surface area (Å²) in [6, 6.07) is 8.93. The third kappa shape index (κ3) is 2.44. The number of fused-ring (bicyclic) bond motifs is 1. The van der Waals surface area contributed by atoms with Crippen LogP contribution in [0.1, 0.15) is 20.7 Å². The van der Waals surface area contributed by atoms with Crippen LogP contribution in [0.5, 0.6) is 0 Å². The second-order valence-electron chi connectivity index (χ2n) is 4.51. The minimum atomic E-state index is -1.08. The molecule has 3 aromatic rings. The molecule has 0 saturated carbocycles. The summed E-state index contributed by atoms with van der Waals surface area (Å²) in [4.78, 5) is 34.5. The third-order valence-electron chi connectivity index (χ3n) is 3.04. The predicted molar refractivity (Wildman–Crippen MR) is 77.2 cm³/mol. The predicted octanol–water partition coefficient (Wildman–Crippen LogP) is 0.973. The molecule has 0 aliphatic heterocycles. The number of nitrogens with one attached hydrogen (secondary N) is 2. The number of aromatic nitrogens is 3. The number of pyridine rings is 1. The summed E-state index contributed by atoms with van der Waals surface area (Å²) in [5.74, 6) is -1.54. The van der Waals surface area contributed by atoms with E-state index in [9.17, 15) is 14.4 Å². The lowest BCUT2D eigenvalue weighted by molar-refractivity contribution is 0.0696. The van der Waals surface area contributed by atoms with Crippen LogP contribution in [0.15, 0.2) is 47.4 Å². The van der Waals surface area contributed by atoms with Crippen LogP contribution in [0, 0.1) is 0 Å². The van der Waals surface area contributed by atoms with Gasteiger partial charge in [-0.3, -0.25) is 4.79 Å². The van der Waals surface area contributed by atoms with Crippen LogP contribution in [-0.2, 0) is 0 Å². The lowest BCUT2D eigenvalue weighted by Crippen LogP contribution is -2.15. The van der Waals surface area contributed by atoms with Crippen LogP contribution in [-0.4, -0.2) is 31.6 Å². The Morgan fingerprint density at radius 3 is 2.77 bits per heavy atom. The summed E-state index contributed by atoms with van der Waals surface area (Å²) in [5, 5.41) is 17.5. The highest BCUT2D eigenvalue weighted by atomic mass is 16.4. The van der Waals surface area contributed by atoms with Crippen molar-refractivity contribution in [3.63, 3.8) is 0 Å². The SMILES string of the molecule is O=C(O)c1cccc(NC(=O)c2ccc3n[nH]c(=O)n3c2)c1. The highest BCUT2D eigenvalue weighted by molar-refractivity contribution is 6.04. The summed E-state index contributed by atoms with van der Waals surface area (Å²) in [7, 11) is 0. The number of benzene rings is 1. The zero-order valence-corrected chi connectivity index (χ0v) is 11.1. The van der Waals surface area contributed by atoms with Crippen molar-refractivity contribution >= 4 is 23.2 Å². The Morgan fingerprint density at radius 1 is 1.18 bits per heavy atom. The summed E-state index contributed by atoms with van der Waals surface area (Å²) in [6.07, 6.45) is 1.36.